The van der Waals surface area contributed by atoms with E-state index >= 15 is 0 Å². The maximum absolute atomic E-state index is 11.9. The number of aliphatic hydroxyl groups is 3. The molecule has 2 saturated heterocycles. The second kappa shape index (κ2) is 6.13. The summed E-state index contributed by atoms with van der Waals surface area (Å²) in [4.78, 5) is 34.2. The van der Waals surface area contributed by atoms with Crippen molar-refractivity contribution in [3.8, 4) is 0 Å². The maximum atomic E-state index is 11.9. The zero-order valence-electron chi connectivity index (χ0n) is 12.5. The Balaban J connectivity index is 2.13. The molecule has 7 atom stereocenters. The predicted octanol–water partition coefficient (Wildman–Crippen LogP) is -2.66. The fraction of sp³-hybridized carbons (Fsp3) is 0.769. The predicted molar refractivity (Wildman–Crippen MR) is 70.7 cm³/mol. The van der Waals surface area contributed by atoms with Crippen molar-refractivity contribution in [3.63, 3.8) is 0 Å². The van der Waals surface area contributed by atoms with E-state index in [1.807, 2.05) is 0 Å². The summed E-state index contributed by atoms with van der Waals surface area (Å²) in [6, 6.07) is 0. The highest BCUT2D eigenvalue weighted by molar-refractivity contribution is 6.05. The van der Waals surface area contributed by atoms with Gasteiger partial charge in [0.05, 0.1) is 11.5 Å². The molecule has 2 unspecified atom stereocenters. The number of rotatable bonds is 4. The smallest absolute Gasteiger partial charge is 0.335 e. The lowest BCUT2D eigenvalue weighted by molar-refractivity contribution is -0.308. The lowest BCUT2D eigenvalue weighted by Gasteiger charge is -2.41. The molecule has 2 rings (SSSR count). The van der Waals surface area contributed by atoms with E-state index < -0.39 is 60.0 Å². The maximum Gasteiger partial charge on any atom is 0.335 e. The second-order valence-corrected chi connectivity index (χ2v) is 5.98. The van der Waals surface area contributed by atoms with Crippen molar-refractivity contribution in [1.82, 2.24) is 5.32 Å². The third kappa shape index (κ3) is 3.08. The number of amides is 2. The van der Waals surface area contributed by atoms with Crippen molar-refractivity contribution < 1.29 is 44.3 Å². The average molecular weight is 333 g/mol. The highest BCUT2D eigenvalue weighted by Crippen LogP contribution is 2.35. The topological polar surface area (TPSA) is 163 Å². The molecule has 2 fully saturated rings. The number of ether oxygens (including phenoxy) is 2. The number of aliphatic hydroxyl groups excluding tert-OH is 3. The molecule has 0 spiro atoms. The molecule has 2 aliphatic heterocycles. The van der Waals surface area contributed by atoms with Gasteiger partial charge in [-0.15, -0.1) is 0 Å². The van der Waals surface area contributed by atoms with Crippen molar-refractivity contribution in [2.75, 3.05) is 0 Å². The normalized spacial score (nSPS) is 42.4. The monoisotopic (exact) mass is 333 g/mol. The number of hydrogen-bond donors (Lipinski definition) is 5. The van der Waals surface area contributed by atoms with Gasteiger partial charge in [-0.25, -0.2) is 4.79 Å². The van der Waals surface area contributed by atoms with E-state index in [0.29, 0.717) is 0 Å². The van der Waals surface area contributed by atoms with E-state index in [1.165, 1.54) is 13.8 Å². The van der Waals surface area contributed by atoms with Crippen LogP contribution in [-0.4, -0.2) is 75.0 Å². The Bertz CT molecular complexity index is 524. The van der Waals surface area contributed by atoms with Gasteiger partial charge >= 0.3 is 5.97 Å². The zero-order chi connectivity index (χ0) is 17.5. The molecule has 2 aliphatic rings. The second-order valence-electron chi connectivity index (χ2n) is 5.98. The first-order valence-corrected chi connectivity index (χ1v) is 7.00. The molecule has 2 heterocycles. The molecular weight excluding hydrogens is 314 g/mol. The van der Waals surface area contributed by atoms with E-state index in [1.54, 1.807) is 0 Å². The summed E-state index contributed by atoms with van der Waals surface area (Å²) in [6.45, 7) is 2.94. The van der Waals surface area contributed by atoms with Crippen LogP contribution in [0.2, 0.25) is 0 Å². The van der Waals surface area contributed by atoms with Crippen LogP contribution in [0.15, 0.2) is 0 Å². The van der Waals surface area contributed by atoms with Crippen molar-refractivity contribution >= 4 is 17.8 Å². The van der Waals surface area contributed by atoms with E-state index in [2.05, 4.69) is 5.32 Å². The van der Waals surface area contributed by atoms with Crippen LogP contribution in [0.5, 0.6) is 0 Å². The number of imide groups is 1. The van der Waals surface area contributed by atoms with Gasteiger partial charge in [-0.2, -0.15) is 0 Å². The van der Waals surface area contributed by atoms with Gasteiger partial charge in [-0.1, -0.05) is 0 Å². The summed E-state index contributed by atoms with van der Waals surface area (Å²) in [5.41, 5.74) is -1.22. The molecular formula is C13H19NO9. The van der Waals surface area contributed by atoms with Gasteiger partial charge in [-0.3, -0.25) is 14.9 Å². The molecule has 10 nitrogen and oxygen atoms in total. The van der Waals surface area contributed by atoms with Crippen LogP contribution in [0.3, 0.4) is 0 Å². The molecule has 0 radical (unpaired) electrons. The number of carbonyl (C=O) groups excluding carboxylic acids is 2. The summed E-state index contributed by atoms with van der Waals surface area (Å²) in [5, 5.41) is 40.3. The molecule has 0 aromatic heterocycles. The van der Waals surface area contributed by atoms with Gasteiger partial charge in [0.15, 0.2) is 12.4 Å². The average Bonchev–Trinajstić information content (AvgIpc) is 2.73. The summed E-state index contributed by atoms with van der Waals surface area (Å²) in [7, 11) is 0. The fourth-order valence-electron chi connectivity index (χ4n) is 2.57. The van der Waals surface area contributed by atoms with Crippen LogP contribution in [0, 0.1) is 5.41 Å². The first-order chi connectivity index (χ1) is 10.6. The van der Waals surface area contributed by atoms with Gasteiger partial charge < -0.3 is 29.9 Å². The number of aliphatic carboxylic acids is 1. The quantitative estimate of drug-likeness (QED) is 0.345. The molecule has 0 saturated carbocycles. The van der Waals surface area contributed by atoms with Gasteiger partial charge in [0.1, 0.15) is 18.3 Å². The number of carboxylic acids is 1. The minimum Gasteiger partial charge on any atom is -0.479 e. The molecule has 5 N–H and O–H groups in total. The van der Waals surface area contributed by atoms with Crippen LogP contribution < -0.4 is 5.32 Å². The summed E-state index contributed by atoms with van der Waals surface area (Å²) in [6.07, 6.45) is -9.78. The Hall–Kier alpha value is -1.59. The SMILES string of the molecule is CC(O[C@@H]1O[C@H](C(=O)O)[C@@H](O)[C@H](O)[C@H]1O)C1(C)CC(=O)NC1=O. The molecule has 0 aromatic rings. The molecule has 130 valence electrons. The van der Waals surface area contributed by atoms with E-state index in [-0.39, 0.29) is 6.42 Å². The summed E-state index contributed by atoms with van der Waals surface area (Å²) < 4.78 is 10.4. The minimum atomic E-state index is -1.83. The third-order valence-corrected chi connectivity index (χ3v) is 4.35. The first kappa shape index (κ1) is 17.8. The number of carbonyl (C=O) groups is 3. The molecule has 23 heavy (non-hydrogen) atoms. The van der Waals surface area contributed by atoms with Crippen molar-refractivity contribution in [1.29, 1.82) is 0 Å². The number of nitrogens with one attached hydrogen (secondary N) is 1. The summed E-state index contributed by atoms with van der Waals surface area (Å²) >= 11 is 0. The lowest BCUT2D eigenvalue weighted by atomic mass is 9.83. The van der Waals surface area contributed by atoms with Gasteiger partial charge in [0.25, 0.3) is 0 Å². The molecule has 0 aromatic carbocycles. The third-order valence-electron chi connectivity index (χ3n) is 4.35. The Labute approximate surface area is 131 Å². The highest BCUT2D eigenvalue weighted by atomic mass is 16.7. The van der Waals surface area contributed by atoms with E-state index in [0.717, 1.165) is 0 Å². The highest BCUT2D eigenvalue weighted by Gasteiger charge is 2.52. The fourth-order valence-corrected chi connectivity index (χ4v) is 2.57. The Morgan fingerprint density at radius 1 is 1.30 bits per heavy atom. The van der Waals surface area contributed by atoms with Crippen LogP contribution in [0.25, 0.3) is 0 Å². The molecule has 0 bridgehead atoms. The van der Waals surface area contributed by atoms with Gasteiger partial charge in [0, 0.05) is 6.42 Å². The number of carboxylic acid groups (broad SMARTS) is 1. The van der Waals surface area contributed by atoms with Gasteiger partial charge in [0.2, 0.25) is 11.8 Å². The first-order valence-electron chi connectivity index (χ1n) is 7.00. The Morgan fingerprint density at radius 3 is 2.39 bits per heavy atom. The van der Waals surface area contributed by atoms with Crippen molar-refractivity contribution in [3.05, 3.63) is 0 Å². The standard InChI is InChI=1S/C13H19NO9/c1-4(13(2)3-5(15)14-12(13)21)22-11-8(18)6(16)7(17)9(23-11)10(19)20/h4,6-9,11,16-18H,3H2,1-2H3,(H,19,20)(H,14,15,21)/t4?,6-,7-,8+,9-,11+,13?/m0/s1. The number of hydrogen-bond acceptors (Lipinski definition) is 8. The zero-order valence-corrected chi connectivity index (χ0v) is 12.5. The van der Waals surface area contributed by atoms with Crippen LogP contribution >= 0.6 is 0 Å². The van der Waals surface area contributed by atoms with Crippen LogP contribution in [0.1, 0.15) is 20.3 Å². The van der Waals surface area contributed by atoms with E-state index in [9.17, 15) is 29.7 Å². The largest absolute Gasteiger partial charge is 0.479 e. The Morgan fingerprint density at radius 2 is 1.91 bits per heavy atom. The minimum absolute atomic E-state index is 0.136. The lowest BCUT2D eigenvalue weighted by Crippen LogP contribution is -2.61. The molecule has 10 heteroatoms. The van der Waals surface area contributed by atoms with Gasteiger partial charge in [-0.05, 0) is 13.8 Å². The van der Waals surface area contributed by atoms with Crippen LogP contribution in [-0.2, 0) is 23.9 Å². The van der Waals surface area contributed by atoms with Crippen molar-refractivity contribution in [2.45, 2.75) is 57.1 Å². The Kier molecular flexibility index (Phi) is 4.74. The molecule has 2 amide bonds. The van der Waals surface area contributed by atoms with Crippen LogP contribution in [0.4, 0.5) is 0 Å². The van der Waals surface area contributed by atoms with E-state index in [4.69, 9.17) is 14.6 Å². The van der Waals surface area contributed by atoms with Crippen molar-refractivity contribution in [2.24, 2.45) is 5.41 Å². The molecule has 0 aliphatic carbocycles. The summed E-state index contributed by atoms with van der Waals surface area (Å²) in [5.74, 6) is -2.57.